The predicted molar refractivity (Wildman–Crippen MR) is 94.4 cm³/mol. The second-order valence-corrected chi connectivity index (χ2v) is 7.28. The monoisotopic (exact) mass is 359 g/mol. The highest BCUT2D eigenvalue weighted by Gasteiger charge is 2.35. The van der Waals surface area contributed by atoms with Crippen molar-refractivity contribution >= 4 is 11.9 Å². The van der Waals surface area contributed by atoms with Gasteiger partial charge in [-0.3, -0.25) is 4.79 Å². The van der Waals surface area contributed by atoms with Gasteiger partial charge >= 0.3 is 5.97 Å². The number of fused-ring (bicyclic) bond motifs is 2. The van der Waals surface area contributed by atoms with Crippen molar-refractivity contribution in [1.82, 2.24) is 4.90 Å². The van der Waals surface area contributed by atoms with E-state index in [0.717, 1.165) is 19.4 Å². The van der Waals surface area contributed by atoms with Gasteiger partial charge in [-0.05, 0) is 49.8 Å². The highest BCUT2D eigenvalue weighted by Crippen LogP contribution is 2.35. The van der Waals surface area contributed by atoms with E-state index in [9.17, 15) is 9.59 Å². The van der Waals surface area contributed by atoms with E-state index in [-0.39, 0.29) is 12.5 Å². The van der Waals surface area contributed by atoms with Gasteiger partial charge < -0.3 is 19.1 Å². The number of esters is 1. The van der Waals surface area contributed by atoms with E-state index in [1.807, 2.05) is 4.90 Å². The van der Waals surface area contributed by atoms with Crippen LogP contribution in [0.15, 0.2) is 18.2 Å². The molecule has 6 heteroatoms. The van der Waals surface area contributed by atoms with Crippen molar-refractivity contribution in [3.05, 3.63) is 23.8 Å². The summed E-state index contributed by atoms with van der Waals surface area (Å²) in [6.45, 7) is 1.54. The Morgan fingerprint density at radius 3 is 2.69 bits per heavy atom. The average Bonchev–Trinajstić information content (AvgIpc) is 2.71. The van der Waals surface area contributed by atoms with Gasteiger partial charge in [-0.15, -0.1) is 0 Å². The highest BCUT2D eigenvalue weighted by molar-refractivity contribution is 5.92. The molecule has 1 aromatic carbocycles. The van der Waals surface area contributed by atoms with Crippen LogP contribution in [0.4, 0.5) is 0 Å². The predicted octanol–water partition coefficient (Wildman–Crippen LogP) is 2.80. The SMILES string of the molecule is O=C(OCC(=O)N1CCC[C@@H]2CCCC[C@@H]21)c1ccc2c(c1)OCCO2. The Balaban J connectivity index is 1.35. The zero-order valence-electron chi connectivity index (χ0n) is 14.9. The van der Waals surface area contributed by atoms with E-state index in [0.29, 0.717) is 42.2 Å². The maximum Gasteiger partial charge on any atom is 0.338 e. The quantitative estimate of drug-likeness (QED) is 0.777. The molecule has 1 saturated heterocycles. The van der Waals surface area contributed by atoms with Gasteiger partial charge in [0.2, 0.25) is 0 Å². The summed E-state index contributed by atoms with van der Waals surface area (Å²) in [5, 5.41) is 0. The van der Waals surface area contributed by atoms with Gasteiger partial charge in [-0.2, -0.15) is 0 Å². The minimum Gasteiger partial charge on any atom is -0.486 e. The number of piperidine rings is 1. The molecule has 0 bridgehead atoms. The van der Waals surface area contributed by atoms with Crippen LogP contribution in [0.1, 0.15) is 48.9 Å². The molecule has 0 N–H and O–H groups in total. The lowest BCUT2D eigenvalue weighted by molar-refractivity contribution is -0.140. The lowest BCUT2D eigenvalue weighted by atomic mass is 9.78. The Bertz CT molecular complexity index is 687. The molecule has 1 aliphatic carbocycles. The fourth-order valence-electron chi connectivity index (χ4n) is 4.40. The van der Waals surface area contributed by atoms with Crippen LogP contribution in [0.2, 0.25) is 0 Å². The van der Waals surface area contributed by atoms with Crippen LogP contribution < -0.4 is 9.47 Å². The Labute approximate surface area is 153 Å². The number of likely N-dealkylation sites (tertiary alicyclic amines) is 1. The third kappa shape index (κ3) is 3.50. The molecule has 2 heterocycles. The van der Waals surface area contributed by atoms with Gasteiger partial charge in [0.15, 0.2) is 18.1 Å². The summed E-state index contributed by atoms with van der Waals surface area (Å²) in [7, 11) is 0. The first kappa shape index (κ1) is 17.2. The smallest absolute Gasteiger partial charge is 0.338 e. The normalized spacial score (nSPS) is 24.5. The first-order valence-corrected chi connectivity index (χ1v) is 9.58. The Hall–Kier alpha value is -2.24. The minimum atomic E-state index is -0.507. The topological polar surface area (TPSA) is 65.1 Å². The average molecular weight is 359 g/mol. The summed E-state index contributed by atoms with van der Waals surface area (Å²) in [6.07, 6.45) is 7.00. The lowest BCUT2D eigenvalue weighted by Crippen LogP contribution is -2.50. The number of hydrogen-bond donors (Lipinski definition) is 0. The molecular weight excluding hydrogens is 334 g/mol. The Morgan fingerprint density at radius 1 is 1.04 bits per heavy atom. The number of nitrogens with zero attached hydrogens (tertiary/aromatic N) is 1. The molecule has 2 fully saturated rings. The van der Waals surface area contributed by atoms with Crippen molar-refractivity contribution in [2.45, 2.75) is 44.6 Å². The minimum absolute atomic E-state index is 0.0764. The fourth-order valence-corrected chi connectivity index (χ4v) is 4.40. The molecule has 0 unspecified atom stereocenters. The third-order valence-electron chi connectivity index (χ3n) is 5.67. The van der Waals surface area contributed by atoms with Crippen molar-refractivity contribution in [2.75, 3.05) is 26.4 Å². The number of carbonyl (C=O) groups is 2. The van der Waals surface area contributed by atoms with Crippen LogP contribution in [0, 0.1) is 5.92 Å². The molecule has 3 aliphatic rings. The van der Waals surface area contributed by atoms with Crippen LogP contribution in [0.3, 0.4) is 0 Å². The maximum absolute atomic E-state index is 12.6. The Kier molecular flexibility index (Phi) is 5.00. The molecule has 140 valence electrons. The standard InChI is InChI=1S/C20H25NO5/c22-19(21-9-3-5-14-4-1-2-6-16(14)21)13-26-20(23)15-7-8-17-18(12-15)25-11-10-24-17/h7-8,12,14,16H,1-6,9-11,13H2/t14-,16-/m0/s1. The number of carbonyl (C=O) groups excluding carboxylic acids is 2. The van der Waals surface area contributed by atoms with E-state index < -0.39 is 5.97 Å². The summed E-state index contributed by atoms with van der Waals surface area (Å²) < 4.78 is 16.2. The van der Waals surface area contributed by atoms with Gasteiger partial charge in [0.05, 0.1) is 5.56 Å². The van der Waals surface area contributed by atoms with Gasteiger partial charge in [-0.25, -0.2) is 4.79 Å². The van der Waals surface area contributed by atoms with Crippen LogP contribution in [-0.4, -0.2) is 49.2 Å². The molecule has 0 radical (unpaired) electrons. The van der Waals surface area contributed by atoms with Crippen LogP contribution in [0.5, 0.6) is 11.5 Å². The van der Waals surface area contributed by atoms with Crippen LogP contribution >= 0.6 is 0 Å². The van der Waals surface area contributed by atoms with E-state index in [1.54, 1.807) is 18.2 Å². The summed E-state index contributed by atoms with van der Waals surface area (Å²) in [6, 6.07) is 5.28. The van der Waals surface area contributed by atoms with Crippen molar-refractivity contribution in [3.63, 3.8) is 0 Å². The summed E-state index contributed by atoms with van der Waals surface area (Å²) in [5.74, 6) is 1.20. The maximum atomic E-state index is 12.6. The lowest BCUT2D eigenvalue weighted by Gasteiger charge is -2.44. The molecule has 2 atom stereocenters. The molecule has 1 aromatic rings. The molecular formula is C20H25NO5. The van der Waals surface area contributed by atoms with E-state index in [4.69, 9.17) is 14.2 Å². The van der Waals surface area contributed by atoms with Crippen LogP contribution in [-0.2, 0) is 9.53 Å². The fraction of sp³-hybridized carbons (Fsp3) is 0.600. The van der Waals surface area contributed by atoms with Crippen molar-refractivity contribution in [1.29, 1.82) is 0 Å². The Morgan fingerprint density at radius 2 is 1.81 bits per heavy atom. The molecule has 1 saturated carbocycles. The van der Waals surface area contributed by atoms with Crippen molar-refractivity contribution in [3.8, 4) is 11.5 Å². The number of ether oxygens (including phenoxy) is 3. The van der Waals surface area contributed by atoms with Crippen molar-refractivity contribution in [2.24, 2.45) is 5.92 Å². The second kappa shape index (κ2) is 7.56. The largest absolute Gasteiger partial charge is 0.486 e. The van der Waals surface area contributed by atoms with E-state index >= 15 is 0 Å². The van der Waals surface area contributed by atoms with Gasteiger partial charge in [-0.1, -0.05) is 12.8 Å². The number of hydrogen-bond acceptors (Lipinski definition) is 5. The summed E-state index contributed by atoms with van der Waals surface area (Å²) in [4.78, 5) is 26.9. The van der Waals surface area contributed by atoms with Gasteiger partial charge in [0, 0.05) is 12.6 Å². The first-order chi connectivity index (χ1) is 12.7. The van der Waals surface area contributed by atoms with Gasteiger partial charge in [0.25, 0.3) is 5.91 Å². The zero-order valence-corrected chi connectivity index (χ0v) is 14.9. The molecule has 26 heavy (non-hydrogen) atoms. The number of rotatable bonds is 3. The molecule has 6 nitrogen and oxygen atoms in total. The van der Waals surface area contributed by atoms with Crippen molar-refractivity contribution < 1.29 is 23.8 Å². The zero-order chi connectivity index (χ0) is 17.9. The molecule has 0 spiro atoms. The van der Waals surface area contributed by atoms with E-state index in [1.165, 1.54) is 25.7 Å². The van der Waals surface area contributed by atoms with E-state index in [2.05, 4.69) is 0 Å². The summed E-state index contributed by atoms with van der Waals surface area (Å²) >= 11 is 0. The van der Waals surface area contributed by atoms with Gasteiger partial charge in [0.1, 0.15) is 13.2 Å². The van der Waals surface area contributed by atoms with Crippen LogP contribution in [0.25, 0.3) is 0 Å². The highest BCUT2D eigenvalue weighted by atomic mass is 16.6. The second-order valence-electron chi connectivity index (χ2n) is 7.28. The summed E-state index contributed by atoms with van der Waals surface area (Å²) in [5.41, 5.74) is 0.372. The molecule has 1 amide bonds. The molecule has 4 rings (SSSR count). The molecule has 2 aliphatic heterocycles. The first-order valence-electron chi connectivity index (χ1n) is 9.58. The molecule has 0 aromatic heterocycles. The number of amides is 1. The number of benzene rings is 1. The third-order valence-corrected chi connectivity index (χ3v) is 5.67.